The van der Waals surface area contributed by atoms with Crippen LogP contribution in [0, 0.1) is 0 Å². The number of hydrogen-bond donors (Lipinski definition) is 2. The van der Waals surface area contributed by atoms with Gasteiger partial charge in [0.05, 0.1) is 18.4 Å². The van der Waals surface area contributed by atoms with Crippen LogP contribution in [0.15, 0.2) is 58.4 Å². The van der Waals surface area contributed by atoms with Gasteiger partial charge < -0.3 is 14.9 Å². The first-order chi connectivity index (χ1) is 16.7. The Kier molecular flexibility index (Phi) is 6.74. The molecule has 0 saturated carbocycles. The molecule has 3 aromatic heterocycles. The summed E-state index contributed by atoms with van der Waals surface area (Å²) in [5.74, 6) is -1.47. The van der Waals surface area contributed by atoms with E-state index in [2.05, 4.69) is 34.4 Å². The average Bonchev–Trinajstić information content (AvgIpc) is 3.51. The molecule has 0 bridgehead atoms. The van der Waals surface area contributed by atoms with Crippen molar-refractivity contribution in [3.05, 3.63) is 87.1 Å². The molecule has 3 heterocycles. The summed E-state index contributed by atoms with van der Waals surface area (Å²) in [6.07, 6.45) is 6.24. The monoisotopic (exact) mass is 496 g/mol. The fourth-order valence-corrected chi connectivity index (χ4v) is 4.18. The number of anilines is 1. The van der Waals surface area contributed by atoms with E-state index in [0.717, 1.165) is 11.1 Å². The number of carbonyl (C=O) groups is 1. The van der Waals surface area contributed by atoms with Crippen LogP contribution < -0.4 is 10.9 Å². The molecule has 0 radical (unpaired) electrons. The van der Waals surface area contributed by atoms with Crippen molar-refractivity contribution in [2.24, 2.45) is 7.05 Å². The smallest absolute Gasteiger partial charge is 0.296 e. The number of rotatable bonds is 7. The SMILES string of the molecule is CC(C)c1cnn([C@H](c2ccccc2Cl)[C@@H](C)c2nc(C(=O)Nc3cnoc3)c(O)c(=O)n2C)c1. The Labute approximate surface area is 206 Å². The first kappa shape index (κ1) is 24.2. The fraction of sp³-hybridized carbons (Fsp3) is 0.292. The Morgan fingerprint density at radius 1 is 1.20 bits per heavy atom. The summed E-state index contributed by atoms with van der Waals surface area (Å²) in [4.78, 5) is 30.1. The van der Waals surface area contributed by atoms with E-state index in [1.54, 1.807) is 16.9 Å². The Morgan fingerprint density at radius 2 is 1.94 bits per heavy atom. The van der Waals surface area contributed by atoms with Crippen LogP contribution in [0.5, 0.6) is 5.75 Å². The lowest BCUT2D eigenvalue weighted by Gasteiger charge is -2.27. The predicted molar refractivity (Wildman–Crippen MR) is 130 cm³/mol. The second kappa shape index (κ2) is 9.75. The highest BCUT2D eigenvalue weighted by Crippen LogP contribution is 2.37. The number of benzene rings is 1. The lowest BCUT2D eigenvalue weighted by molar-refractivity contribution is 0.101. The van der Waals surface area contributed by atoms with Crippen LogP contribution in [0.4, 0.5) is 5.69 Å². The van der Waals surface area contributed by atoms with Crippen LogP contribution in [-0.2, 0) is 7.05 Å². The molecule has 0 aliphatic rings. The van der Waals surface area contributed by atoms with E-state index in [1.807, 2.05) is 31.3 Å². The second-order valence-electron chi connectivity index (χ2n) is 8.56. The van der Waals surface area contributed by atoms with Gasteiger partial charge in [0.25, 0.3) is 11.5 Å². The Hall–Kier alpha value is -3.92. The van der Waals surface area contributed by atoms with Crippen molar-refractivity contribution in [3.8, 4) is 5.75 Å². The lowest BCUT2D eigenvalue weighted by atomic mass is 9.93. The van der Waals surface area contributed by atoms with Gasteiger partial charge in [-0.3, -0.25) is 18.8 Å². The molecule has 0 saturated heterocycles. The Balaban J connectivity index is 1.84. The summed E-state index contributed by atoms with van der Waals surface area (Å²) >= 11 is 6.58. The lowest BCUT2D eigenvalue weighted by Crippen LogP contribution is -2.30. The molecule has 0 fully saturated rings. The number of aromatic hydroxyl groups is 1. The largest absolute Gasteiger partial charge is 0.501 e. The number of amides is 1. The van der Waals surface area contributed by atoms with Crippen molar-refractivity contribution in [3.63, 3.8) is 0 Å². The van der Waals surface area contributed by atoms with Crippen LogP contribution in [-0.4, -0.2) is 35.5 Å². The maximum absolute atomic E-state index is 12.9. The third-order valence-corrected chi connectivity index (χ3v) is 6.23. The zero-order valence-electron chi connectivity index (χ0n) is 19.6. The number of hydrogen-bond acceptors (Lipinski definition) is 7. The number of nitrogens with one attached hydrogen (secondary N) is 1. The highest BCUT2D eigenvalue weighted by Gasteiger charge is 2.31. The van der Waals surface area contributed by atoms with E-state index in [9.17, 15) is 14.7 Å². The zero-order valence-corrected chi connectivity index (χ0v) is 20.4. The van der Waals surface area contributed by atoms with Crippen LogP contribution in [0.2, 0.25) is 5.02 Å². The third kappa shape index (κ3) is 4.69. The van der Waals surface area contributed by atoms with E-state index in [-0.39, 0.29) is 17.4 Å². The minimum absolute atomic E-state index is 0.259. The molecule has 0 aliphatic heterocycles. The van der Waals surface area contributed by atoms with Gasteiger partial charge in [-0.05, 0) is 23.1 Å². The first-order valence-corrected chi connectivity index (χ1v) is 11.4. The van der Waals surface area contributed by atoms with Crippen molar-refractivity contribution in [1.82, 2.24) is 24.5 Å². The summed E-state index contributed by atoms with van der Waals surface area (Å²) in [5.41, 5.74) is 0.919. The van der Waals surface area contributed by atoms with Gasteiger partial charge in [-0.1, -0.05) is 55.7 Å². The maximum atomic E-state index is 12.9. The normalized spacial score (nSPS) is 13.1. The van der Waals surface area contributed by atoms with Gasteiger partial charge in [-0.15, -0.1) is 0 Å². The molecule has 2 atom stereocenters. The Bertz CT molecular complexity index is 1410. The summed E-state index contributed by atoms with van der Waals surface area (Å²) in [5, 5.41) is 21.6. The number of nitrogens with zero attached hydrogens (tertiary/aromatic N) is 5. The van der Waals surface area contributed by atoms with E-state index in [4.69, 9.17) is 16.1 Å². The highest BCUT2D eigenvalue weighted by atomic mass is 35.5. The van der Waals surface area contributed by atoms with Gasteiger partial charge in [-0.2, -0.15) is 5.10 Å². The molecule has 11 heteroatoms. The van der Waals surface area contributed by atoms with Gasteiger partial charge in [-0.25, -0.2) is 4.98 Å². The molecule has 1 aromatic carbocycles. The molecule has 4 aromatic rings. The topological polar surface area (TPSA) is 128 Å². The number of aromatic nitrogens is 5. The third-order valence-electron chi connectivity index (χ3n) is 5.88. The minimum atomic E-state index is -0.771. The van der Waals surface area contributed by atoms with Crippen LogP contribution >= 0.6 is 11.6 Å². The molecule has 4 rings (SSSR count). The van der Waals surface area contributed by atoms with Gasteiger partial charge >= 0.3 is 0 Å². The van der Waals surface area contributed by atoms with Crippen molar-refractivity contribution in [1.29, 1.82) is 0 Å². The van der Waals surface area contributed by atoms with Gasteiger partial charge in [0.2, 0.25) is 5.75 Å². The fourth-order valence-electron chi connectivity index (χ4n) is 3.93. The number of halogens is 1. The van der Waals surface area contributed by atoms with Crippen LogP contribution in [0.1, 0.15) is 66.1 Å². The molecular weight excluding hydrogens is 472 g/mol. The standard InChI is InChI=1S/C24H25ClN6O4/c1-13(2)15-9-26-31(11-15)20(17-7-5-6-8-18(17)25)14(3)22-29-19(21(32)24(34)30(22)4)23(33)28-16-10-27-35-12-16/h5-14,20,32H,1-4H3,(H,28,33)/t14-,20+/m1/s1. The van der Waals surface area contributed by atoms with Crippen molar-refractivity contribution in [2.45, 2.75) is 38.6 Å². The average molecular weight is 497 g/mol. The van der Waals surface area contributed by atoms with Crippen LogP contribution in [0.3, 0.4) is 0 Å². The molecule has 0 spiro atoms. The second-order valence-corrected chi connectivity index (χ2v) is 8.97. The summed E-state index contributed by atoms with van der Waals surface area (Å²) < 4.78 is 7.73. The summed E-state index contributed by atoms with van der Waals surface area (Å²) in [7, 11) is 1.49. The molecule has 35 heavy (non-hydrogen) atoms. The van der Waals surface area contributed by atoms with Gasteiger partial charge in [0.15, 0.2) is 5.69 Å². The molecule has 182 valence electrons. The molecule has 0 aliphatic carbocycles. The quantitative estimate of drug-likeness (QED) is 0.394. The van der Waals surface area contributed by atoms with Gasteiger partial charge in [0.1, 0.15) is 17.8 Å². The molecular formula is C24H25ClN6O4. The first-order valence-electron chi connectivity index (χ1n) is 11.0. The summed E-state index contributed by atoms with van der Waals surface area (Å²) in [6.45, 7) is 6.01. The van der Waals surface area contributed by atoms with Crippen molar-refractivity contribution < 1.29 is 14.4 Å². The highest BCUT2D eigenvalue weighted by molar-refractivity contribution is 6.31. The van der Waals surface area contributed by atoms with E-state index >= 15 is 0 Å². The summed E-state index contributed by atoms with van der Waals surface area (Å²) in [6, 6.07) is 6.92. The molecule has 0 unspecified atom stereocenters. The van der Waals surface area contributed by atoms with Crippen LogP contribution in [0.25, 0.3) is 0 Å². The Morgan fingerprint density at radius 3 is 2.57 bits per heavy atom. The predicted octanol–water partition coefficient (Wildman–Crippen LogP) is 4.09. The van der Waals surface area contributed by atoms with Gasteiger partial charge in [0, 0.05) is 24.2 Å². The minimum Gasteiger partial charge on any atom is -0.501 e. The molecule has 10 nitrogen and oxygen atoms in total. The zero-order chi connectivity index (χ0) is 25.3. The van der Waals surface area contributed by atoms with E-state index < -0.39 is 34.9 Å². The van der Waals surface area contributed by atoms with Crippen molar-refractivity contribution >= 4 is 23.2 Å². The van der Waals surface area contributed by atoms with E-state index in [1.165, 1.54) is 24.1 Å². The molecule has 1 amide bonds. The number of carbonyl (C=O) groups excluding carboxylic acids is 1. The van der Waals surface area contributed by atoms with E-state index in [0.29, 0.717) is 5.02 Å². The molecule has 2 N–H and O–H groups in total. The van der Waals surface area contributed by atoms with Crippen molar-refractivity contribution in [2.75, 3.05) is 5.32 Å². The maximum Gasteiger partial charge on any atom is 0.296 e.